The van der Waals surface area contributed by atoms with Crippen molar-refractivity contribution < 1.29 is 4.74 Å². The maximum atomic E-state index is 5.87. The summed E-state index contributed by atoms with van der Waals surface area (Å²) in [6, 6.07) is 10.8. The molecule has 4 heteroatoms. The van der Waals surface area contributed by atoms with E-state index in [1.165, 1.54) is 12.0 Å². The second-order valence-electron chi connectivity index (χ2n) is 5.46. The largest absolute Gasteiger partial charge is 0.492 e. The smallest absolute Gasteiger partial charge is 0.119 e. The van der Waals surface area contributed by atoms with E-state index in [-0.39, 0.29) is 0 Å². The van der Waals surface area contributed by atoms with Crippen molar-refractivity contribution >= 4 is 11.3 Å². The highest BCUT2D eigenvalue weighted by Gasteiger charge is 2.24. The summed E-state index contributed by atoms with van der Waals surface area (Å²) in [4.78, 5) is 4.05. The van der Waals surface area contributed by atoms with Crippen LogP contribution in [0.25, 0.3) is 0 Å². The molecule has 112 valence electrons. The summed E-state index contributed by atoms with van der Waals surface area (Å²) in [5.74, 6) is 0.916. The van der Waals surface area contributed by atoms with Crippen molar-refractivity contribution in [2.45, 2.75) is 25.9 Å². The molecule has 3 rings (SSSR count). The minimum atomic E-state index is 0.499. The molecule has 0 saturated heterocycles. The molecular formula is C17H22N2OS. The molecule has 2 aromatic rings. The van der Waals surface area contributed by atoms with Crippen LogP contribution in [0.2, 0.25) is 0 Å². The first kappa shape index (κ1) is 14.6. The van der Waals surface area contributed by atoms with E-state index in [9.17, 15) is 0 Å². The number of nitrogens with zero attached hydrogens (tertiary/aromatic N) is 1. The molecule has 0 radical (unpaired) electrons. The summed E-state index contributed by atoms with van der Waals surface area (Å²) in [5.41, 5.74) is 8.26. The lowest BCUT2D eigenvalue weighted by Crippen LogP contribution is -2.36. The monoisotopic (exact) mass is 302 g/mol. The summed E-state index contributed by atoms with van der Waals surface area (Å²) in [6.45, 7) is 5.66. The zero-order valence-electron chi connectivity index (χ0n) is 12.4. The van der Waals surface area contributed by atoms with E-state index >= 15 is 0 Å². The van der Waals surface area contributed by atoms with Gasteiger partial charge < -0.3 is 10.5 Å². The molecule has 1 unspecified atom stereocenters. The summed E-state index contributed by atoms with van der Waals surface area (Å²) in [7, 11) is 0. The van der Waals surface area contributed by atoms with Gasteiger partial charge in [0.15, 0.2) is 0 Å². The molecule has 1 aliphatic heterocycles. The molecule has 1 aliphatic rings. The van der Waals surface area contributed by atoms with Crippen molar-refractivity contribution in [3.05, 3.63) is 51.7 Å². The van der Waals surface area contributed by atoms with Crippen LogP contribution in [0, 0.1) is 0 Å². The quantitative estimate of drug-likeness (QED) is 0.922. The van der Waals surface area contributed by atoms with Crippen LogP contribution >= 0.6 is 11.3 Å². The number of benzene rings is 1. The van der Waals surface area contributed by atoms with E-state index in [2.05, 4.69) is 23.3 Å². The van der Waals surface area contributed by atoms with Gasteiger partial charge in [0.05, 0.1) is 0 Å². The van der Waals surface area contributed by atoms with Crippen molar-refractivity contribution in [2.75, 3.05) is 19.7 Å². The number of ether oxygens (including phenoxy) is 1. The number of hydrogen-bond donors (Lipinski definition) is 1. The lowest BCUT2D eigenvalue weighted by Gasteiger charge is -2.33. The predicted octanol–water partition coefficient (Wildman–Crippen LogP) is 3.20. The zero-order chi connectivity index (χ0) is 14.7. The van der Waals surface area contributed by atoms with Crippen molar-refractivity contribution in [1.82, 2.24) is 4.90 Å². The molecule has 2 N–H and O–H groups in total. The summed E-state index contributed by atoms with van der Waals surface area (Å²) in [6.07, 6.45) is 1.17. The molecule has 0 amide bonds. The normalized spacial score (nSPS) is 18.5. The molecular weight excluding hydrogens is 280 g/mol. The number of nitrogens with two attached hydrogens (primary N) is 1. The van der Waals surface area contributed by atoms with E-state index < -0.39 is 0 Å². The van der Waals surface area contributed by atoms with Gasteiger partial charge in [0.1, 0.15) is 12.4 Å². The van der Waals surface area contributed by atoms with Crippen LogP contribution in [-0.4, -0.2) is 24.6 Å². The molecule has 3 nitrogen and oxygen atoms in total. The van der Waals surface area contributed by atoms with Crippen LogP contribution in [0.5, 0.6) is 5.75 Å². The van der Waals surface area contributed by atoms with Gasteiger partial charge in [-0.05, 0) is 48.1 Å². The van der Waals surface area contributed by atoms with Gasteiger partial charge in [-0.1, -0.05) is 12.1 Å². The van der Waals surface area contributed by atoms with Crippen LogP contribution in [0.3, 0.4) is 0 Å². The minimum Gasteiger partial charge on any atom is -0.492 e. The number of fused-ring (bicyclic) bond motifs is 1. The summed E-state index contributed by atoms with van der Waals surface area (Å²) < 4.78 is 5.87. The molecule has 0 saturated carbocycles. The number of rotatable bonds is 5. The molecule has 1 aromatic carbocycles. The van der Waals surface area contributed by atoms with Gasteiger partial charge in [-0.2, -0.15) is 0 Å². The Morgan fingerprint density at radius 3 is 3.14 bits per heavy atom. The highest BCUT2D eigenvalue weighted by Crippen LogP contribution is 2.32. The lowest BCUT2D eigenvalue weighted by atomic mass is 10.0. The lowest BCUT2D eigenvalue weighted by molar-refractivity contribution is 0.161. The zero-order valence-corrected chi connectivity index (χ0v) is 13.2. The third-order valence-electron chi connectivity index (χ3n) is 4.19. The Morgan fingerprint density at radius 1 is 1.38 bits per heavy atom. The van der Waals surface area contributed by atoms with Crippen LogP contribution in [0.15, 0.2) is 35.7 Å². The molecule has 0 spiro atoms. The highest BCUT2D eigenvalue weighted by atomic mass is 32.1. The van der Waals surface area contributed by atoms with Crippen LogP contribution in [-0.2, 0) is 13.0 Å². The van der Waals surface area contributed by atoms with Crippen LogP contribution in [0.1, 0.15) is 29.0 Å². The standard InChI is InChI=1S/C17H22N2OS/c1-13-16-6-10-21-17(16)5-7-19(13)8-9-20-15-4-2-3-14(11-15)12-18/h2-4,6,10-11,13H,5,7-9,12,18H2,1H3. The first-order valence-electron chi connectivity index (χ1n) is 7.50. The van der Waals surface area contributed by atoms with Crippen molar-refractivity contribution in [1.29, 1.82) is 0 Å². The van der Waals surface area contributed by atoms with Gasteiger partial charge in [0.2, 0.25) is 0 Å². The minimum absolute atomic E-state index is 0.499. The number of thiophene rings is 1. The Bertz CT molecular complexity index is 596. The van der Waals surface area contributed by atoms with E-state index in [0.29, 0.717) is 12.6 Å². The Balaban J connectivity index is 1.54. The Labute approximate surface area is 130 Å². The fourth-order valence-corrected chi connectivity index (χ4v) is 3.87. The third-order valence-corrected chi connectivity index (χ3v) is 5.18. The first-order chi connectivity index (χ1) is 10.3. The molecule has 0 aliphatic carbocycles. The molecule has 1 atom stereocenters. The van der Waals surface area contributed by atoms with Gasteiger partial charge in [0, 0.05) is 30.6 Å². The maximum Gasteiger partial charge on any atom is 0.119 e. The predicted molar refractivity (Wildman–Crippen MR) is 87.8 cm³/mol. The van der Waals surface area contributed by atoms with E-state index in [0.717, 1.165) is 31.0 Å². The first-order valence-corrected chi connectivity index (χ1v) is 8.38. The molecule has 1 aromatic heterocycles. The van der Waals surface area contributed by atoms with E-state index in [1.54, 1.807) is 4.88 Å². The fourth-order valence-electron chi connectivity index (χ4n) is 2.91. The van der Waals surface area contributed by atoms with Crippen LogP contribution in [0.4, 0.5) is 0 Å². The fraction of sp³-hybridized carbons (Fsp3) is 0.412. The van der Waals surface area contributed by atoms with Gasteiger partial charge in [0.25, 0.3) is 0 Å². The number of hydrogen-bond acceptors (Lipinski definition) is 4. The van der Waals surface area contributed by atoms with E-state index in [1.807, 2.05) is 35.6 Å². The second-order valence-corrected chi connectivity index (χ2v) is 6.46. The van der Waals surface area contributed by atoms with Gasteiger partial charge in [-0.25, -0.2) is 0 Å². The molecule has 21 heavy (non-hydrogen) atoms. The molecule has 2 heterocycles. The topological polar surface area (TPSA) is 38.5 Å². The third kappa shape index (κ3) is 3.28. The molecule has 0 bridgehead atoms. The maximum absolute atomic E-state index is 5.87. The highest BCUT2D eigenvalue weighted by molar-refractivity contribution is 7.10. The Morgan fingerprint density at radius 2 is 2.29 bits per heavy atom. The van der Waals surface area contributed by atoms with Crippen molar-refractivity contribution in [3.63, 3.8) is 0 Å². The average Bonchev–Trinajstić information content (AvgIpc) is 2.99. The Hall–Kier alpha value is -1.36. The van der Waals surface area contributed by atoms with Crippen molar-refractivity contribution in [2.24, 2.45) is 5.73 Å². The molecule has 0 fully saturated rings. The van der Waals surface area contributed by atoms with Crippen molar-refractivity contribution in [3.8, 4) is 5.75 Å². The SMILES string of the molecule is CC1c2ccsc2CCN1CCOc1cccc(CN)c1. The van der Waals surface area contributed by atoms with Crippen LogP contribution < -0.4 is 10.5 Å². The van der Waals surface area contributed by atoms with Gasteiger partial charge >= 0.3 is 0 Å². The Kier molecular flexibility index (Phi) is 4.58. The second kappa shape index (κ2) is 6.60. The van der Waals surface area contributed by atoms with Gasteiger partial charge in [-0.15, -0.1) is 11.3 Å². The summed E-state index contributed by atoms with van der Waals surface area (Å²) in [5, 5.41) is 2.21. The van der Waals surface area contributed by atoms with E-state index in [4.69, 9.17) is 10.5 Å². The average molecular weight is 302 g/mol. The van der Waals surface area contributed by atoms with Gasteiger partial charge in [-0.3, -0.25) is 4.90 Å². The summed E-state index contributed by atoms with van der Waals surface area (Å²) >= 11 is 1.89.